The molecule has 2 heterocycles. The summed E-state index contributed by atoms with van der Waals surface area (Å²) >= 11 is 1.82. The Kier molecular flexibility index (Phi) is 3.41. The standard InChI is InChI=1S/C14H20N4S/c1-8(2)7-11-16-13(18-15)12-9-5-3-4-6-10(9)19-14(12)17-11/h8H,3-7,15H2,1-2H3,(H,16,17,18). The van der Waals surface area contributed by atoms with Gasteiger partial charge in [0.25, 0.3) is 0 Å². The van der Waals surface area contributed by atoms with Crippen LogP contribution in [-0.2, 0) is 19.3 Å². The molecule has 2 aromatic heterocycles. The van der Waals surface area contributed by atoms with Crippen molar-refractivity contribution in [1.29, 1.82) is 0 Å². The molecule has 2 aromatic rings. The predicted molar refractivity (Wildman–Crippen MR) is 80.4 cm³/mol. The number of hydrogen-bond acceptors (Lipinski definition) is 5. The SMILES string of the molecule is CC(C)Cc1nc(NN)c2c3c(sc2n1)CCCC3. The van der Waals surface area contributed by atoms with E-state index in [0.29, 0.717) is 5.92 Å². The summed E-state index contributed by atoms with van der Waals surface area (Å²) in [5, 5.41) is 1.16. The van der Waals surface area contributed by atoms with Gasteiger partial charge in [-0.3, -0.25) is 0 Å². The maximum absolute atomic E-state index is 5.67. The minimum atomic E-state index is 0.553. The van der Waals surface area contributed by atoms with Crippen LogP contribution in [-0.4, -0.2) is 9.97 Å². The van der Waals surface area contributed by atoms with E-state index in [1.165, 1.54) is 29.7 Å². The number of fused-ring (bicyclic) bond motifs is 3. The van der Waals surface area contributed by atoms with Crippen LogP contribution < -0.4 is 11.3 Å². The summed E-state index contributed by atoms with van der Waals surface area (Å²) in [6, 6.07) is 0. The van der Waals surface area contributed by atoms with Gasteiger partial charge in [-0.2, -0.15) is 0 Å². The Hall–Kier alpha value is -1.20. The van der Waals surface area contributed by atoms with Crippen molar-refractivity contribution in [2.45, 2.75) is 46.0 Å². The van der Waals surface area contributed by atoms with Crippen LogP contribution in [0.3, 0.4) is 0 Å². The molecule has 0 spiro atoms. The lowest BCUT2D eigenvalue weighted by atomic mass is 9.97. The van der Waals surface area contributed by atoms with Crippen LogP contribution in [0.15, 0.2) is 0 Å². The number of nitrogen functional groups attached to an aromatic ring is 1. The lowest BCUT2D eigenvalue weighted by Gasteiger charge is -2.12. The number of hydrogen-bond donors (Lipinski definition) is 2. The van der Waals surface area contributed by atoms with E-state index in [4.69, 9.17) is 10.8 Å². The summed E-state index contributed by atoms with van der Waals surface area (Å²) in [5.41, 5.74) is 4.20. The third-order valence-electron chi connectivity index (χ3n) is 3.59. The number of aryl methyl sites for hydroxylation is 2. The van der Waals surface area contributed by atoms with E-state index in [0.717, 1.165) is 34.7 Å². The average Bonchev–Trinajstić information content (AvgIpc) is 2.75. The highest BCUT2D eigenvalue weighted by Gasteiger charge is 2.20. The molecule has 0 amide bonds. The maximum Gasteiger partial charge on any atom is 0.152 e. The highest BCUT2D eigenvalue weighted by molar-refractivity contribution is 7.19. The summed E-state index contributed by atoms with van der Waals surface area (Å²) in [7, 11) is 0. The van der Waals surface area contributed by atoms with Crippen molar-refractivity contribution in [1.82, 2.24) is 9.97 Å². The first-order valence-corrected chi connectivity index (χ1v) is 7.78. The molecule has 0 bridgehead atoms. The molecule has 0 aliphatic heterocycles. The van der Waals surface area contributed by atoms with Gasteiger partial charge in [-0.25, -0.2) is 15.8 Å². The first-order chi connectivity index (χ1) is 9.19. The van der Waals surface area contributed by atoms with Crippen LogP contribution in [0.5, 0.6) is 0 Å². The fourth-order valence-electron chi connectivity index (χ4n) is 2.76. The van der Waals surface area contributed by atoms with E-state index < -0.39 is 0 Å². The summed E-state index contributed by atoms with van der Waals surface area (Å²) in [6.45, 7) is 4.37. The summed E-state index contributed by atoms with van der Waals surface area (Å²) in [4.78, 5) is 11.9. The third-order valence-corrected chi connectivity index (χ3v) is 4.77. The monoisotopic (exact) mass is 276 g/mol. The zero-order valence-corrected chi connectivity index (χ0v) is 12.3. The lowest BCUT2D eigenvalue weighted by Crippen LogP contribution is -2.12. The van der Waals surface area contributed by atoms with E-state index in [1.807, 2.05) is 11.3 Å². The highest BCUT2D eigenvalue weighted by Crippen LogP contribution is 2.38. The zero-order chi connectivity index (χ0) is 13.4. The van der Waals surface area contributed by atoms with E-state index in [-0.39, 0.29) is 0 Å². The number of rotatable bonds is 3. The van der Waals surface area contributed by atoms with Gasteiger partial charge in [-0.1, -0.05) is 13.8 Å². The van der Waals surface area contributed by atoms with Gasteiger partial charge in [-0.15, -0.1) is 11.3 Å². The quantitative estimate of drug-likeness (QED) is 0.668. The normalized spacial score (nSPS) is 14.9. The lowest BCUT2D eigenvalue weighted by molar-refractivity contribution is 0.623. The molecular formula is C14H20N4S. The average molecular weight is 276 g/mol. The minimum absolute atomic E-state index is 0.553. The predicted octanol–water partition coefficient (Wildman–Crippen LogP) is 3.05. The molecule has 4 nitrogen and oxygen atoms in total. The smallest absolute Gasteiger partial charge is 0.152 e. The van der Waals surface area contributed by atoms with Crippen LogP contribution >= 0.6 is 11.3 Å². The molecule has 5 heteroatoms. The van der Waals surface area contributed by atoms with Crippen molar-refractivity contribution >= 4 is 27.4 Å². The first-order valence-electron chi connectivity index (χ1n) is 6.96. The van der Waals surface area contributed by atoms with E-state index >= 15 is 0 Å². The van der Waals surface area contributed by atoms with Crippen LogP contribution in [0, 0.1) is 5.92 Å². The molecular weight excluding hydrogens is 256 g/mol. The molecule has 3 rings (SSSR count). The van der Waals surface area contributed by atoms with Crippen molar-refractivity contribution in [3.05, 3.63) is 16.3 Å². The van der Waals surface area contributed by atoms with Gasteiger partial charge < -0.3 is 5.43 Å². The van der Waals surface area contributed by atoms with Crippen molar-refractivity contribution < 1.29 is 0 Å². The van der Waals surface area contributed by atoms with Crippen molar-refractivity contribution in [3.8, 4) is 0 Å². The number of nitrogens with one attached hydrogen (secondary N) is 1. The molecule has 0 saturated heterocycles. The number of nitrogens with zero attached hydrogens (tertiary/aromatic N) is 2. The Bertz CT molecular complexity index is 603. The molecule has 0 saturated carbocycles. The molecule has 0 radical (unpaired) electrons. The van der Waals surface area contributed by atoms with Gasteiger partial charge in [-0.05, 0) is 37.2 Å². The largest absolute Gasteiger partial charge is 0.308 e. The summed E-state index contributed by atoms with van der Waals surface area (Å²) in [5.74, 6) is 7.93. The van der Waals surface area contributed by atoms with Crippen molar-refractivity contribution in [2.75, 3.05) is 5.43 Å². The van der Waals surface area contributed by atoms with Gasteiger partial charge in [0.15, 0.2) is 5.82 Å². The molecule has 102 valence electrons. The van der Waals surface area contributed by atoms with Gasteiger partial charge in [0.2, 0.25) is 0 Å². The number of thiophene rings is 1. The van der Waals surface area contributed by atoms with Crippen LogP contribution in [0.2, 0.25) is 0 Å². The Morgan fingerprint density at radius 1 is 1.26 bits per heavy atom. The second-order valence-corrected chi connectivity index (χ2v) is 6.71. The third kappa shape index (κ3) is 2.32. The Labute approximate surface area is 117 Å². The van der Waals surface area contributed by atoms with Crippen LogP contribution in [0.1, 0.15) is 43.0 Å². The van der Waals surface area contributed by atoms with Gasteiger partial charge >= 0.3 is 0 Å². The number of anilines is 1. The number of hydrazine groups is 1. The summed E-state index contributed by atoms with van der Waals surface area (Å²) in [6.07, 6.45) is 5.76. The second kappa shape index (κ2) is 5.06. The maximum atomic E-state index is 5.67. The van der Waals surface area contributed by atoms with Gasteiger partial charge in [0, 0.05) is 11.3 Å². The Morgan fingerprint density at radius 2 is 2.05 bits per heavy atom. The van der Waals surface area contributed by atoms with E-state index in [9.17, 15) is 0 Å². The minimum Gasteiger partial charge on any atom is -0.308 e. The molecule has 0 unspecified atom stereocenters. The second-order valence-electron chi connectivity index (χ2n) is 5.62. The van der Waals surface area contributed by atoms with Crippen LogP contribution in [0.4, 0.5) is 5.82 Å². The van der Waals surface area contributed by atoms with Gasteiger partial charge in [0.1, 0.15) is 10.7 Å². The fraction of sp³-hybridized carbons (Fsp3) is 0.571. The molecule has 1 aliphatic rings. The summed E-state index contributed by atoms with van der Waals surface area (Å²) < 4.78 is 0. The van der Waals surface area contributed by atoms with E-state index in [2.05, 4.69) is 24.3 Å². The molecule has 0 aromatic carbocycles. The Morgan fingerprint density at radius 3 is 2.79 bits per heavy atom. The highest BCUT2D eigenvalue weighted by atomic mass is 32.1. The molecule has 19 heavy (non-hydrogen) atoms. The van der Waals surface area contributed by atoms with E-state index in [1.54, 1.807) is 0 Å². The van der Waals surface area contributed by atoms with Gasteiger partial charge in [0.05, 0.1) is 5.39 Å². The van der Waals surface area contributed by atoms with Crippen LogP contribution in [0.25, 0.3) is 10.2 Å². The molecule has 0 atom stereocenters. The number of nitrogens with two attached hydrogens (primary N) is 1. The van der Waals surface area contributed by atoms with Crippen molar-refractivity contribution in [2.24, 2.45) is 11.8 Å². The van der Waals surface area contributed by atoms with Crippen molar-refractivity contribution in [3.63, 3.8) is 0 Å². The zero-order valence-electron chi connectivity index (χ0n) is 11.5. The Balaban J connectivity index is 2.16. The molecule has 0 fully saturated rings. The molecule has 1 aliphatic carbocycles. The molecule has 3 N–H and O–H groups in total. The topological polar surface area (TPSA) is 63.8 Å². The fourth-order valence-corrected chi connectivity index (χ4v) is 4.04. The number of aromatic nitrogens is 2. The first kappa shape index (κ1) is 12.8.